The Morgan fingerprint density at radius 1 is 1.29 bits per heavy atom. The van der Waals surface area contributed by atoms with Crippen molar-refractivity contribution in [1.29, 1.82) is 0 Å². The molecule has 0 aliphatic carbocycles. The molecule has 0 spiro atoms. The standard InChI is InChI=1S/C11H12N2S/c1-2-10(11-8-14-13-12-11)9-6-4-3-5-7-9/h3-8,10H,2H2,1H3. The van der Waals surface area contributed by atoms with Gasteiger partial charge in [-0.1, -0.05) is 41.7 Å². The van der Waals surface area contributed by atoms with Gasteiger partial charge in [-0.2, -0.15) is 0 Å². The molecule has 1 aromatic heterocycles. The number of nitrogens with zero attached hydrogens (tertiary/aromatic N) is 2. The second-order valence-corrected chi connectivity index (χ2v) is 3.81. The van der Waals surface area contributed by atoms with Crippen molar-refractivity contribution in [3.05, 3.63) is 47.0 Å². The van der Waals surface area contributed by atoms with Crippen LogP contribution in [0.1, 0.15) is 30.5 Å². The van der Waals surface area contributed by atoms with E-state index in [9.17, 15) is 0 Å². The summed E-state index contributed by atoms with van der Waals surface area (Å²) in [5.41, 5.74) is 2.41. The Labute approximate surface area is 87.8 Å². The maximum Gasteiger partial charge on any atom is 0.0829 e. The zero-order valence-electron chi connectivity index (χ0n) is 8.05. The summed E-state index contributed by atoms with van der Waals surface area (Å²) in [5, 5.41) is 6.16. The molecule has 0 saturated heterocycles. The molecular formula is C11H12N2S. The molecule has 1 unspecified atom stereocenters. The van der Waals surface area contributed by atoms with Crippen molar-refractivity contribution in [2.75, 3.05) is 0 Å². The number of hydrogen-bond acceptors (Lipinski definition) is 3. The smallest absolute Gasteiger partial charge is 0.0829 e. The van der Waals surface area contributed by atoms with Gasteiger partial charge in [0.1, 0.15) is 0 Å². The molecule has 14 heavy (non-hydrogen) atoms. The molecule has 3 heteroatoms. The second-order valence-electron chi connectivity index (χ2n) is 3.20. The van der Waals surface area contributed by atoms with Crippen LogP contribution in [0, 0.1) is 0 Å². The number of rotatable bonds is 3. The first-order valence-corrected chi connectivity index (χ1v) is 5.57. The van der Waals surface area contributed by atoms with Crippen molar-refractivity contribution in [2.24, 2.45) is 0 Å². The van der Waals surface area contributed by atoms with Crippen molar-refractivity contribution in [1.82, 2.24) is 9.59 Å². The molecule has 2 nitrogen and oxygen atoms in total. The Hall–Kier alpha value is -1.22. The molecule has 1 atom stereocenters. The Morgan fingerprint density at radius 3 is 2.64 bits per heavy atom. The van der Waals surface area contributed by atoms with Crippen LogP contribution in [-0.2, 0) is 0 Å². The van der Waals surface area contributed by atoms with Gasteiger partial charge in [0.15, 0.2) is 0 Å². The SMILES string of the molecule is CCC(c1ccccc1)c1csnn1. The van der Waals surface area contributed by atoms with Gasteiger partial charge in [0.05, 0.1) is 5.69 Å². The minimum atomic E-state index is 0.398. The number of hydrogen-bond donors (Lipinski definition) is 0. The minimum absolute atomic E-state index is 0.398. The van der Waals surface area contributed by atoms with Crippen molar-refractivity contribution >= 4 is 11.5 Å². The molecule has 0 saturated carbocycles. The van der Waals surface area contributed by atoms with Gasteiger partial charge in [-0.25, -0.2) is 0 Å². The van der Waals surface area contributed by atoms with E-state index in [1.807, 2.05) is 11.4 Å². The molecule has 2 rings (SSSR count). The van der Waals surface area contributed by atoms with E-state index in [1.165, 1.54) is 17.1 Å². The van der Waals surface area contributed by atoms with Gasteiger partial charge in [0, 0.05) is 11.3 Å². The highest BCUT2D eigenvalue weighted by atomic mass is 32.1. The Bertz CT molecular complexity index is 369. The van der Waals surface area contributed by atoms with E-state index in [-0.39, 0.29) is 0 Å². The lowest BCUT2D eigenvalue weighted by atomic mass is 9.94. The van der Waals surface area contributed by atoms with E-state index >= 15 is 0 Å². The third-order valence-corrected chi connectivity index (χ3v) is 2.87. The van der Waals surface area contributed by atoms with E-state index in [4.69, 9.17) is 0 Å². The highest BCUT2D eigenvalue weighted by molar-refractivity contribution is 7.03. The summed E-state index contributed by atoms with van der Waals surface area (Å²) in [4.78, 5) is 0. The molecule has 1 heterocycles. The van der Waals surface area contributed by atoms with Crippen LogP contribution in [0.3, 0.4) is 0 Å². The molecule has 0 radical (unpaired) electrons. The molecule has 72 valence electrons. The lowest BCUT2D eigenvalue weighted by Crippen LogP contribution is -1.99. The van der Waals surface area contributed by atoms with Gasteiger partial charge in [0.2, 0.25) is 0 Å². The third-order valence-electron chi connectivity index (χ3n) is 2.34. The molecule has 0 amide bonds. The fourth-order valence-electron chi connectivity index (χ4n) is 1.62. The minimum Gasteiger partial charge on any atom is -0.143 e. The van der Waals surface area contributed by atoms with E-state index in [2.05, 4.69) is 40.8 Å². The fraction of sp³-hybridized carbons (Fsp3) is 0.273. The Kier molecular flexibility index (Phi) is 2.89. The first-order valence-electron chi connectivity index (χ1n) is 4.73. The van der Waals surface area contributed by atoms with Crippen LogP contribution in [0.15, 0.2) is 35.7 Å². The van der Waals surface area contributed by atoms with Gasteiger partial charge in [-0.3, -0.25) is 0 Å². The van der Waals surface area contributed by atoms with Crippen LogP contribution in [-0.4, -0.2) is 9.59 Å². The summed E-state index contributed by atoms with van der Waals surface area (Å²) in [6.07, 6.45) is 1.06. The molecule has 0 aliphatic rings. The lowest BCUT2D eigenvalue weighted by Gasteiger charge is -2.11. The average Bonchev–Trinajstić information content (AvgIpc) is 2.74. The maximum atomic E-state index is 4.13. The quantitative estimate of drug-likeness (QED) is 0.767. The normalized spacial score (nSPS) is 12.6. The summed E-state index contributed by atoms with van der Waals surface area (Å²) >= 11 is 1.42. The Morgan fingerprint density at radius 2 is 2.07 bits per heavy atom. The first-order chi connectivity index (χ1) is 6.92. The average molecular weight is 204 g/mol. The molecule has 0 aliphatic heterocycles. The number of benzene rings is 1. The van der Waals surface area contributed by atoms with Gasteiger partial charge in [0.25, 0.3) is 0 Å². The van der Waals surface area contributed by atoms with Crippen LogP contribution in [0.4, 0.5) is 0 Å². The van der Waals surface area contributed by atoms with Crippen molar-refractivity contribution in [3.63, 3.8) is 0 Å². The van der Waals surface area contributed by atoms with Crippen molar-refractivity contribution < 1.29 is 0 Å². The summed E-state index contributed by atoms with van der Waals surface area (Å²) < 4.78 is 3.91. The van der Waals surface area contributed by atoms with E-state index in [1.54, 1.807) is 0 Å². The molecule has 1 aromatic carbocycles. The highest BCUT2D eigenvalue weighted by Gasteiger charge is 2.13. The van der Waals surface area contributed by atoms with Crippen LogP contribution in [0.2, 0.25) is 0 Å². The zero-order valence-corrected chi connectivity index (χ0v) is 8.87. The van der Waals surface area contributed by atoms with Gasteiger partial charge in [-0.15, -0.1) is 5.10 Å². The van der Waals surface area contributed by atoms with E-state index in [0.717, 1.165) is 12.1 Å². The summed E-state index contributed by atoms with van der Waals surface area (Å²) in [5.74, 6) is 0.398. The highest BCUT2D eigenvalue weighted by Crippen LogP contribution is 2.26. The Balaban J connectivity index is 2.31. The van der Waals surface area contributed by atoms with Gasteiger partial charge in [-0.05, 0) is 23.5 Å². The molecular weight excluding hydrogens is 192 g/mol. The van der Waals surface area contributed by atoms with E-state index in [0.29, 0.717) is 5.92 Å². The van der Waals surface area contributed by atoms with Crippen molar-refractivity contribution in [3.8, 4) is 0 Å². The fourth-order valence-corrected chi connectivity index (χ4v) is 2.13. The lowest BCUT2D eigenvalue weighted by molar-refractivity contribution is 0.744. The predicted octanol–water partition coefficient (Wildman–Crippen LogP) is 3.08. The van der Waals surface area contributed by atoms with Crippen LogP contribution in [0.25, 0.3) is 0 Å². The predicted molar refractivity (Wildman–Crippen MR) is 58.5 cm³/mol. The topological polar surface area (TPSA) is 25.8 Å². The largest absolute Gasteiger partial charge is 0.143 e. The van der Waals surface area contributed by atoms with Crippen LogP contribution < -0.4 is 0 Å². The van der Waals surface area contributed by atoms with Crippen LogP contribution >= 0.6 is 11.5 Å². The van der Waals surface area contributed by atoms with Gasteiger partial charge < -0.3 is 0 Å². The molecule has 0 fully saturated rings. The molecule has 2 aromatic rings. The third kappa shape index (κ3) is 1.82. The van der Waals surface area contributed by atoms with Crippen molar-refractivity contribution in [2.45, 2.75) is 19.3 Å². The monoisotopic (exact) mass is 204 g/mol. The second kappa shape index (κ2) is 4.33. The van der Waals surface area contributed by atoms with Crippen LogP contribution in [0.5, 0.6) is 0 Å². The summed E-state index contributed by atoms with van der Waals surface area (Å²) in [6.45, 7) is 2.18. The molecule has 0 bridgehead atoms. The summed E-state index contributed by atoms with van der Waals surface area (Å²) in [7, 11) is 0. The zero-order chi connectivity index (χ0) is 9.80. The number of aromatic nitrogens is 2. The summed E-state index contributed by atoms with van der Waals surface area (Å²) in [6, 6.07) is 10.5. The van der Waals surface area contributed by atoms with Gasteiger partial charge >= 0.3 is 0 Å². The van der Waals surface area contributed by atoms with E-state index < -0.39 is 0 Å². The first kappa shape index (κ1) is 9.34. The maximum absolute atomic E-state index is 4.13. The molecule has 0 N–H and O–H groups in total.